The summed E-state index contributed by atoms with van der Waals surface area (Å²) >= 11 is 0. The molecule has 80 valence electrons. The Morgan fingerprint density at radius 2 is 2.14 bits per heavy atom. The van der Waals surface area contributed by atoms with Gasteiger partial charge in [-0.2, -0.15) is 0 Å². The Balaban J connectivity index is 1.83. The molecule has 2 nitrogen and oxygen atoms in total. The number of hydrogen-bond acceptors (Lipinski definition) is 1. The van der Waals surface area contributed by atoms with Gasteiger partial charge < -0.3 is 4.90 Å². The monoisotopic (exact) mass is 194 g/mol. The second kappa shape index (κ2) is 3.92. The van der Waals surface area contributed by atoms with Crippen molar-refractivity contribution in [2.24, 2.45) is 17.8 Å². The zero-order valence-electron chi connectivity index (χ0n) is 9.42. The Morgan fingerprint density at radius 3 is 2.64 bits per heavy atom. The molecule has 0 spiro atoms. The number of nitrogens with zero attached hydrogens (tertiary/aromatic N) is 1. The van der Waals surface area contributed by atoms with E-state index in [-0.39, 0.29) is 0 Å². The van der Waals surface area contributed by atoms with Crippen LogP contribution in [0.1, 0.15) is 39.0 Å². The molecule has 0 aromatic rings. The van der Waals surface area contributed by atoms with E-state index in [0.29, 0.717) is 0 Å². The van der Waals surface area contributed by atoms with E-state index in [1.165, 1.54) is 25.7 Å². The van der Waals surface area contributed by atoms with Crippen molar-refractivity contribution in [3.8, 4) is 0 Å². The normalized spacial score (nSPS) is 34.9. The molecule has 2 rings (SSSR count). The third kappa shape index (κ3) is 1.79. The van der Waals surface area contributed by atoms with Crippen molar-refractivity contribution in [3.63, 3.8) is 0 Å². The van der Waals surface area contributed by atoms with Gasteiger partial charge >= 0.3 is 0 Å². The molecule has 2 aliphatic rings. The summed E-state index contributed by atoms with van der Waals surface area (Å²) in [4.78, 5) is 2.16. The van der Waals surface area contributed by atoms with E-state index in [1.54, 1.807) is 0 Å². The van der Waals surface area contributed by atoms with Crippen LogP contribution in [-0.4, -0.2) is 24.3 Å². The Hall–Kier alpha value is -0.530. The fraction of sp³-hybridized carbons (Fsp3) is 0.917. The van der Waals surface area contributed by atoms with Crippen molar-refractivity contribution in [1.29, 1.82) is 5.41 Å². The van der Waals surface area contributed by atoms with Gasteiger partial charge in [-0.05, 0) is 37.0 Å². The number of rotatable bonds is 3. The molecule has 0 aromatic carbocycles. The molecule has 3 atom stereocenters. The molecule has 14 heavy (non-hydrogen) atoms. The molecule has 1 N–H and O–H groups in total. The van der Waals surface area contributed by atoms with Crippen molar-refractivity contribution >= 4 is 5.84 Å². The molecular weight excluding hydrogens is 172 g/mol. The van der Waals surface area contributed by atoms with Gasteiger partial charge in [0.1, 0.15) is 0 Å². The first-order valence-electron chi connectivity index (χ1n) is 5.99. The summed E-state index contributed by atoms with van der Waals surface area (Å²) in [6, 6.07) is 0. The van der Waals surface area contributed by atoms with E-state index < -0.39 is 0 Å². The van der Waals surface area contributed by atoms with Gasteiger partial charge in [0.05, 0.1) is 5.84 Å². The highest BCUT2D eigenvalue weighted by Crippen LogP contribution is 2.48. The van der Waals surface area contributed by atoms with Gasteiger partial charge in [-0.15, -0.1) is 0 Å². The summed E-state index contributed by atoms with van der Waals surface area (Å²) in [5.74, 6) is 3.72. The van der Waals surface area contributed by atoms with E-state index in [9.17, 15) is 0 Å². The van der Waals surface area contributed by atoms with Crippen LogP contribution < -0.4 is 0 Å². The highest BCUT2D eigenvalue weighted by atomic mass is 15.1. The maximum absolute atomic E-state index is 7.77. The zero-order chi connectivity index (χ0) is 10.1. The molecule has 0 radical (unpaired) electrons. The lowest BCUT2D eigenvalue weighted by atomic mass is 9.88. The van der Waals surface area contributed by atoms with Gasteiger partial charge in [0.15, 0.2) is 0 Å². The van der Waals surface area contributed by atoms with Crippen LogP contribution in [0.3, 0.4) is 0 Å². The first kappa shape index (κ1) is 10.0. The van der Waals surface area contributed by atoms with E-state index in [4.69, 9.17) is 5.41 Å². The first-order chi connectivity index (χ1) is 6.70. The van der Waals surface area contributed by atoms with Gasteiger partial charge in [0.2, 0.25) is 0 Å². The van der Waals surface area contributed by atoms with Crippen LogP contribution in [0.2, 0.25) is 0 Å². The number of fused-ring (bicyclic) bond motifs is 2. The lowest BCUT2D eigenvalue weighted by Crippen LogP contribution is -2.32. The standard InChI is InChI=1S/C12H22N2/c1-3-12(13)14(2)8-11-7-9-4-5-10(11)6-9/h9-11,13H,3-8H2,1-2H3. The first-order valence-corrected chi connectivity index (χ1v) is 5.99. The second-order valence-electron chi connectivity index (χ2n) is 5.12. The average Bonchev–Trinajstić information content (AvgIpc) is 2.77. The lowest BCUT2D eigenvalue weighted by molar-refractivity contribution is 0.274. The smallest absolute Gasteiger partial charge is 0.0952 e. The molecular formula is C12H22N2. The van der Waals surface area contributed by atoms with E-state index in [0.717, 1.165) is 36.6 Å². The summed E-state index contributed by atoms with van der Waals surface area (Å²) in [7, 11) is 2.08. The van der Waals surface area contributed by atoms with Crippen LogP contribution in [0.5, 0.6) is 0 Å². The average molecular weight is 194 g/mol. The SMILES string of the molecule is CCC(=N)N(C)CC1CC2CCC1C2. The minimum Gasteiger partial charge on any atom is -0.363 e. The Bertz CT molecular complexity index is 224. The van der Waals surface area contributed by atoms with Gasteiger partial charge in [0, 0.05) is 20.0 Å². The third-order valence-corrected chi connectivity index (χ3v) is 4.19. The van der Waals surface area contributed by atoms with Gasteiger partial charge in [-0.1, -0.05) is 13.3 Å². The maximum Gasteiger partial charge on any atom is 0.0952 e. The van der Waals surface area contributed by atoms with Crippen molar-refractivity contribution in [2.45, 2.75) is 39.0 Å². The largest absolute Gasteiger partial charge is 0.363 e. The molecule has 0 amide bonds. The van der Waals surface area contributed by atoms with Crippen LogP contribution in [0, 0.1) is 23.2 Å². The molecule has 0 saturated heterocycles. The van der Waals surface area contributed by atoms with Gasteiger partial charge in [0.25, 0.3) is 0 Å². The van der Waals surface area contributed by atoms with Crippen LogP contribution in [0.4, 0.5) is 0 Å². The maximum atomic E-state index is 7.77. The molecule has 0 aliphatic heterocycles. The molecule has 2 heteroatoms. The van der Waals surface area contributed by atoms with Crippen LogP contribution in [0.15, 0.2) is 0 Å². The topological polar surface area (TPSA) is 27.1 Å². The Kier molecular flexibility index (Phi) is 2.80. The predicted molar refractivity (Wildman–Crippen MR) is 59.6 cm³/mol. The van der Waals surface area contributed by atoms with Crippen molar-refractivity contribution in [1.82, 2.24) is 4.90 Å². The summed E-state index contributed by atoms with van der Waals surface area (Å²) in [6.45, 7) is 3.20. The number of amidine groups is 1. The summed E-state index contributed by atoms with van der Waals surface area (Å²) in [6.07, 6.45) is 6.74. The predicted octanol–water partition coefficient (Wildman–Crippen LogP) is 2.74. The van der Waals surface area contributed by atoms with E-state index >= 15 is 0 Å². The van der Waals surface area contributed by atoms with Crippen LogP contribution >= 0.6 is 0 Å². The highest BCUT2D eigenvalue weighted by Gasteiger charge is 2.39. The minimum atomic E-state index is 0.799. The highest BCUT2D eigenvalue weighted by molar-refractivity contribution is 5.78. The molecule has 3 unspecified atom stereocenters. The third-order valence-electron chi connectivity index (χ3n) is 4.19. The molecule has 2 saturated carbocycles. The van der Waals surface area contributed by atoms with Crippen molar-refractivity contribution < 1.29 is 0 Å². The quantitative estimate of drug-likeness (QED) is 0.543. The second-order valence-corrected chi connectivity index (χ2v) is 5.12. The fourth-order valence-electron chi connectivity index (χ4n) is 3.33. The Morgan fingerprint density at radius 1 is 1.36 bits per heavy atom. The number of hydrogen-bond donors (Lipinski definition) is 1. The van der Waals surface area contributed by atoms with E-state index in [2.05, 4.69) is 18.9 Å². The summed E-state index contributed by atoms with van der Waals surface area (Å²) < 4.78 is 0. The van der Waals surface area contributed by atoms with Crippen LogP contribution in [0.25, 0.3) is 0 Å². The Labute approximate surface area is 87.2 Å². The summed E-state index contributed by atoms with van der Waals surface area (Å²) in [5, 5.41) is 7.77. The zero-order valence-corrected chi connectivity index (χ0v) is 9.42. The number of nitrogens with one attached hydrogen (secondary N) is 1. The minimum absolute atomic E-state index is 0.799. The lowest BCUT2D eigenvalue weighted by Gasteiger charge is -2.28. The molecule has 2 aliphatic carbocycles. The molecule has 0 aromatic heterocycles. The van der Waals surface area contributed by atoms with E-state index in [1.807, 2.05) is 0 Å². The van der Waals surface area contributed by atoms with Crippen molar-refractivity contribution in [3.05, 3.63) is 0 Å². The molecule has 2 fully saturated rings. The molecule has 2 bridgehead atoms. The fourth-order valence-corrected chi connectivity index (χ4v) is 3.33. The van der Waals surface area contributed by atoms with Gasteiger partial charge in [-0.25, -0.2) is 0 Å². The summed E-state index contributed by atoms with van der Waals surface area (Å²) in [5.41, 5.74) is 0. The van der Waals surface area contributed by atoms with Crippen molar-refractivity contribution in [2.75, 3.05) is 13.6 Å². The molecule has 0 heterocycles. The van der Waals surface area contributed by atoms with Gasteiger partial charge in [-0.3, -0.25) is 5.41 Å². The van der Waals surface area contributed by atoms with Crippen LogP contribution in [-0.2, 0) is 0 Å².